The van der Waals surface area contributed by atoms with Gasteiger partial charge in [0.1, 0.15) is 5.69 Å². The summed E-state index contributed by atoms with van der Waals surface area (Å²) < 4.78 is 0. The zero-order valence-electron chi connectivity index (χ0n) is 15.3. The van der Waals surface area contributed by atoms with Crippen LogP contribution in [-0.4, -0.2) is 55.8 Å². The van der Waals surface area contributed by atoms with Crippen molar-refractivity contribution in [1.29, 1.82) is 0 Å². The zero-order chi connectivity index (χ0) is 18.0. The fourth-order valence-electron chi connectivity index (χ4n) is 4.31. The lowest BCUT2D eigenvalue weighted by atomic mass is 9.84. The van der Waals surface area contributed by atoms with E-state index < -0.39 is 0 Å². The molecule has 0 saturated carbocycles. The van der Waals surface area contributed by atoms with E-state index in [2.05, 4.69) is 25.9 Å². The van der Waals surface area contributed by atoms with E-state index in [9.17, 15) is 4.79 Å². The molecule has 2 aromatic heterocycles. The van der Waals surface area contributed by atoms with E-state index >= 15 is 0 Å². The lowest BCUT2D eigenvalue weighted by Gasteiger charge is -2.45. The minimum absolute atomic E-state index is 0.00385. The molecular formula is C20H25N5O. The predicted molar refractivity (Wildman–Crippen MR) is 98.5 cm³/mol. The van der Waals surface area contributed by atoms with E-state index in [1.165, 1.54) is 18.4 Å². The Labute approximate surface area is 154 Å². The number of aryl methyl sites for hydroxylation is 1. The molecule has 0 unspecified atom stereocenters. The van der Waals surface area contributed by atoms with E-state index in [0.29, 0.717) is 5.69 Å². The highest BCUT2D eigenvalue weighted by Gasteiger charge is 2.43. The molecule has 0 aliphatic carbocycles. The van der Waals surface area contributed by atoms with Gasteiger partial charge in [-0.05, 0) is 50.8 Å². The molecule has 2 aromatic rings. The summed E-state index contributed by atoms with van der Waals surface area (Å²) in [6.07, 6.45) is 11.5. The molecule has 4 rings (SSSR count). The van der Waals surface area contributed by atoms with Gasteiger partial charge in [-0.25, -0.2) is 4.98 Å². The van der Waals surface area contributed by atoms with Gasteiger partial charge in [-0.3, -0.25) is 19.7 Å². The van der Waals surface area contributed by atoms with Crippen molar-refractivity contribution >= 4 is 5.91 Å². The summed E-state index contributed by atoms with van der Waals surface area (Å²) in [5.41, 5.74) is 2.77. The third-order valence-corrected chi connectivity index (χ3v) is 5.82. The van der Waals surface area contributed by atoms with Crippen LogP contribution in [0, 0.1) is 6.92 Å². The van der Waals surface area contributed by atoms with Crippen molar-refractivity contribution in [1.82, 2.24) is 24.8 Å². The SMILES string of the molecule is Cc1cnc(C(=O)N2CCC3(CCCN3Cc3cccnc3)CC2)cn1. The number of amides is 1. The maximum Gasteiger partial charge on any atom is 0.274 e. The van der Waals surface area contributed by atoms with E-state index in [1.54, 1.807) is 12.4 Å². The minimum atomic E-state index is 0.00385. The van der Waals surface area contributed by atoms with Crippen molar-refractivity contribution in [2.45, 2.75) is 44.7 Å². The first-order valence-electron chi connectivity index (χ1n) is 9.38. The molecule has 6 nitrogen and oxygen atoms in total. The Morgan fingerprint density at radius 2 is 1.96 bits per heavy atom. The minimum Gasteiger partial charge on any atom is -0.337 e. The Bertz CT molecular complexity index is 754. The molecule has 0 radical (unpaired) electrons. The highest BCUT2D eigenvalue weighted by molar-refractivity contribution is 5.92. The predicted octanol–water partition coefficient (Wildman–Crippen LogP) is 2.45. The number of carbonyl (C=O) groups excluding carboxylic acids is 1. The van der Waals surface area contributed by atoms with Crippen LogP contribution < -0.4 is 0 Å². The van der Waals surface area contributed by atoms with Gasteiger partial charge in [0, 0.05) is 43.8 Å². The summed E-state index contributed by atoms with van der Waals surface area (Å²) in [5, 5.41) is 0. The van der Waals surface area contributed by atoms with Crippen LogP contribution in [0.25, 0.3) is 0 Å². The zero-order valence-corrected chi connectivity index (χ0v) is 15.3. The molecule has 2 saturated heterocycles. The second-order valence-corrected chi connectivity index (χ2v) is 7.45. The number of rotatable bonds is 3. The highest BCUT2D eigenvalue weighted by atomic mass is 16.2. The van der Waals surface area contributed by atoms with Crippen LogP contribution in [0.2, 0.25) is 0 Å². The molecule has 4 heterocycles. The van der Waals surface area contributed by atoms with Crippen LogP contribution in [0.1, 0.15) is 47.4 Å². The van der Waals surface area contributed by atoms with E-state index in [4.69, 9.17) is 0 Å². The van der Waals surface area contributed by atoms with Crippen molar-refractivity contribution in [3.05, 3.63) is 53.9 Å². The monoisotopic (exact) mass is 351 g/mol. The molecule has 0 aromatic carbocycles. The molecule has 26 heavy (non-hydrogen) atoms. The molecule has 0 N–H and O–H groups in total. The number of aromatic nitrogens is 3. The van der Waals surface area contributed by atoms with Gasteiger partial charge in [-0.15, -0.1) is 0 Å². The Balaban J connectivity index is 1.41. The summed E-state index contributed by atoms with van der Waals surface area (Å²) in [7, 11) is 0. The standard InChI is InChI=1S/C20H25N5O/c1-16-12-23-18(14-22-16)19(26)24-10-6-20(7-11-24)5-3-9-25(20)15-17-4-2-8-21-13-17/h2,4,8,12-14H,3,5-7,9-11,15H2,1H3. The number of pyridine rings is 1. The number of likely N-dealkylation sites (tertiary alicyclic amines) is 2. The summed E-state index contributed by atoms with van der Waals surface area (Å²) in [4.78, 5) is 29.9. The summed E-state index contributed by atoms with van der Waals surface area (Å²) >= 11 is 0. The van der Waals surface area contributed by atoms with Crippen molar-refractivity contribution in [2.24, 2.45) is 0 Å². The smallest absolute Gasteiger partial charge is 0.274 e. The first kappa shape index (κ1) is 17.1. The largest absolute Gasteiger partial charge is 0.337 e. The Morgan fingerprint density at radius 3 is 2.65 bits per heavy atom. The molecule has 2 fully saturated rings. The van der Waals surface area contributed by atoms with Crippen LogP contribution in [0.4, 0.5) is 0 Å². The van der Waals surface area contributed by atoms with Crippen molar-refractivity contribution in [3.8, 4) is 0 Å². The Morgan fingerprint density at radius 1 is 1.12 bits per heavy atom. The van der Waals surface area contributed by atoms with Gasteiger partial charge >= 0.3 is 0 Å². The van der Waals surface area contributed by atoms with E-state index in [1.807, 2.05) is 30.3 Å². The molecule has 1 amide bonds. The van der Waals surface area contributed by atoms with Crippen LogP contribution >= 0.6 is 0 Å². The van der Waals surface area contributed by atoms with Gasteiger partial charge < -0.3 is 4.90 Å². The van der Waals surface area contributed by atoms with E-state index in [-0.39, 0.29) is 11.4 Å². The maximum absolute atomic E-state index is 12.7. The van der Waals surface area contributed by atoms with Gasteiger partial charge in [0.05, 0.1) is 11.9 Å². The molecule has 1 spiro atoms. The van der Waals surface area contributed by atoms with Crippen LogP contribution in [0.15, 0.2) is 36.9 Å². The van der Waals surface area contributed by atoms with Crippen LogP contribution in [0.5, 0.6) is 0 Å². The average molecular weight is 351 g/mol. The van der Waals surface area contributed by atoms with Crippen molar-refractivity contribution in [2.75, 3.05) is 19.6 Å². The quantitative estimate of drug-likeness (QED) is 0.850. The molecular weight excluding hydrogens is 326 g/mol. The molecule has 0 bridgehead atoms. The number of piperidine rings is 1. The van der Waals surface area contributed by atoms with Gasteiger partial charge in [0.15, 0.2) is 0 Å². The van der Waals surface area contributed by atoms with E-state index in [0.717, 1.165) is 44.7 Å². The second-order valence-electron chi connectivity index (χ2n) is 7.45. The van der Waals surface area contributed by atoms with Crippen LogP contribution in [0.3, 0.4) is 0 Å². The molecule has 2 aliphatic heterocycles. The van der Waals surface area contributed by atoms with Gasteiger partial charge in [0.25, 0.3) is 5.91 Å². The lowest BCUT2D eigenvalue weighted by Crippen LogP contribution is -2.53. The lowest BCUT2D eigenvalue weighted by molar-refractivity contribution is 0.0379. The van der Waals surface area contributed by atoms with Crippen molar-refractivity contribution in [3.63, 3.8) is 0 Å². The maximum atomic E-state index is 12.7. The summed E-state index contributed by atoms with van der Waals surface area (Å²) in [6, 6.07) is 4.15. The number of hydrogen-bond donors (Lipinski definition) is 0. The third-order valence-electron chi connectivity index (χ3n) is 5.82. The fraction of sp³-hybridized carbons (Fsp3) is 0.500. The third kappa shape index (κ3) is 3.33. The Hall–Kier alpha value is -2.34. The summed E-state index contributed by atoms with van der Waals surface area (Å²) in [5.74, 6) is 0.00385. The average Bonchev–Trinajstić information content (AvgIpc) is 3.05. The molecule has 0 atom stereocenters. The molecule has 2 aliphatic rings. The van der Waals surface area contributed by atoms with Gasteiger partial charge in [0.2, 0.25) is 0 Å². The number of nitrogens with zero attached hydrogens (tertiary/aromatic N) is 5. The number of hydrogen-bond acceptors (Lipinski definition) is 5. The number of carbonyl (C=O) groups is 1. The van der Waals surface area contributed by atoms with Gasteiger partial charge in [-0.2, -0.15) is 0 Å². The molecule has 6 heteroatoms. The highest BCUT2D eigenvalue weighted by Crippen LogP contribution is 2.39. The van der Waals surface area contributed by atoms with Crippen molar-refractivity contribution < 1.29 is 4.79 Å². The second kappa shape index (κ2) is 7.11. The topological polar surface area (TPSA) is 62.2 Å². The first-order valence-corrected chi connectivity index (χ1v) is 9.38. The summed E-state index contributed by atoms with van der Waals surface area (Å²) in [6.45, 7) is 5.54. The first-order chi connectivity index (χ1) is 12.7. The van der Waals surface area contributed by atoms with Crippen LogP contribution in [-0.2, 0) is 6.54 Å². The fourth-order valence-corrected chi connectivity index (χ4v) is 4.31. The normalized spacial score (nSPS) is 19.8. The Kier molecular flexibility index (Phi) is 4.68. The molecule has 136 valence electrons. The van der Waals surface area contributed by atoms with Gasteiger partial charge in [-0.1, -0.05) is 6.07 Å².